The van der Waals surface area contributed by atoms with Crippen LogP contribution >= 0.6 is 8.38 Å². The summed E-state index contributed by atoms with van der Waals surface area (Å²) < 4.78 is 27.9. The van der Waals surface area contributed by atoms with Gasteiger partial charge in [-0.05, 0) is 19.1 Å². The molecule has 1 unspecified atom stereocenters. The van der Waals surface area contributed by atoms with E-state index in [2.05, 4.69) is 0 Å². The Hall–Kier alpha value is -0.880. The average molecular weight is 278 g/mol. The number of hydrogen-bond donors (Lipinski definition) is 3. The van der Waals surface area contributed by atoms with E-state index in [4.69, 9.17) is 16.0 Å². The van der Waals surface area contributed by atoms with Crippen molar-refractivity contribution in [3.63, 3.8) is 0 Å². The number of benzene rings is 1. The minimum absolute atomic E-state index is 0.0143. The SMILES string of the molecule is CCOP(O)c1cc(S(C)(=O)=O)cc(N)c1N. The fraction of sp³-hybridized carbons (Fsp3) is 0.333. The summed E-state index contributed by atoms with van der Waals surface area (Å²) in [7, 11) is -5.35. The zero-order valence-corrected chi connectivity index (χ0v) is 11.3. The molecular formula is C9H15N2O4PS. The van der Waals surface area contributed by atoms with Crippen molar-refractivity contribution >= 4 is 34.9 Å². The van der Waals surface area contributed by atoms with Crippen LogP contribution in [-0.2, 0) is 14.4 Å². The van der Waals surface area contributed by atoms with Crippen LogP contribution in [0.15, 0.2) is 17.0 Å². The van der Waals surface area contributed by atoms with Crippen LogP contribution < -0.4 is 16.8 Å². The Balaban J connectivity index is 3.35. The normalized spacial score (nSPS) is 13.6. The monoisotopic (exact) mass is 278 g/mol. The molecule has 8 heteroatoms. The maximum atomic E-state index is 11.4. The molecule has 0 aromatic heterocycles. The van der Waals surface area contributed by atoms with Gasteiger partial charge >= 0.3 is 0 Å². The second kappa shape index (κ2) is 5.18. The van der Waals surface area contributed by atoms with Crippen LogP contribution in [0.25, 0.3) is 0 Å². The maximum Gasteiger partial charge on any atom is 0.204 e. The van der Waals surface area contributed by atoms with Crippen molar-refractivity contribution in [2.24, 2.45) is 0 Å². The summed E-state index contributed by atoms with van der Waals surface area (Å²) >= 11 is 0. The summed E-state index contributed by atoms with van der Waals surface area (Å²) in [6.07, 6.45) is 1.06. The molecule has 96 valence electrons. The van der Waals surface area contributed by atoms with Gasteiger partial charge in [-0.15, -0.1) is 0 Å². The van der Waals surface area contributed by atoms with Crippen molar-refractivity contribution in [3.8, 4) is 0 Å². The van der Waals surface area contributed by atoms with Crippen molar-refractivity contribution in [1.29, 1.82) is 0 Å². The van der Waals surface area contributed by atoms with E-state index >= 15 is 0 Å². The Morgan fingerprint density at radius 3 is 2.47 bits per heavy atom. The summed E-state index contributed by atoms with van der Waals surface area (Å²) in [6, 6.07) is 2.56. The van der Waals surface area contributed by atoms with E-state index in [1.54, 1.807) is 6.92 Å². The standard InChI is InChI=1S/C9H15N2O4PS/c1-3-15-16(12)8-5-6(17(2,13)14)4-7(10)9(8)11/h4-5,12H,3,10-11H2,1-2H3. The molecule has 0 saturated heterocycles. The van der Waals surface area contributed by atoms with E-state index in [1.165, 1.54) is 12.1 Å². The molecule has 0 bridgehead atoms. The molecule has 0 saturated carbocycles. The first kappa shape index (κ1) is 14.2. The largest absolute Gasteiger partial charge is 0.397 e. The number of hydrogen-bond acceptors (Lipinski definition) is 6. The third-order valence-electron chi connectivity index (χ3n) is 2.05. The van der Waals surface area contributed by atoms with Gasteiger partial charge in [0.25, 0.3) is 0 Å². The topological polar surface area (TPSA) is 116 Å². The van der Waals surface area contributed by atoms with Gasteiger partial charge in [0, 0.05) is 6.26 Å². The zero-order valence-electron chi connectivity index (χ0n) is 9.54. The first-order valence-electron chi connectivity index (χ1n) is 4.78. The van der Waals surface area contributed by atoms with Crippen molar-refractivity contribution in [3.05, 3.63) is 12.1 Å². The smallest absolute Gasteiger partial charge is 0.204 e. The van der Waals surface area contributed by atoms with Gasteiger partial charge in [-0.3, -0.25) is 0 Å². The second-order valence-electron chi connectivity index (χ2n) is 3.41. The first-order chi connectivity index (χ1) is 7.77. The molecule has 0 aliphatic carbocycles. The highest BCUT2D eigenvalue weighted by Gasteiger charge is 2.19. The number of sulfone groups is 1. The van der Waals surface area contributed by atoms with Crippen LogP contribution in [0.4, 0.5) is 11.4 Å². The second-order valence-corrected chi connectivity index (χ2v) is 6.71. The highest BCUT2D eigenvalue weighted by molar-refractivity contribution is 7.90. The van der Waals surface area contributed by atoms with Gasteiger partial charge < -0.3 is 20.9 Å². The molecule has 6 nitrogen and oxygen atoms in total. The number of nitrogens with two attached hydrogens (primary N) is 2. The molecule has 0 aliphatic heterocycles. The molecule has 0 heterocycles. The summed E-state index contributed by atoms with van der Waals surface area (Å²) in [5, 5.41) is 0.224. The van der Waals surface area contributed by atoms with Gasteiger partial charge in [-0.2, -0.15) is 0 Å². The quantitative estimate of drug-likeness (QED) is 0.536. The first-order valence-corrected chi connectivity index (χ1v) is 7.88. The summed E-state index contributed by atoms with van der Waals surface area (Å²) in [4.78, 5) is 9.74. The Morgan fingerprint density at radius 1 is 1.41 bits per heavy atom. The van der Waals surface area contributed by atoms with Gasteiger partial charge in [-0.1, -0.05) is 0 Å². The number of nitrogen functional groups attached to an aromatic ring is 2. The predicted molar refractivity (Wildman–Crippen MR) is 68.8 cm³/mol. The Labute approximate surface area is 101 Å². The summed E-state index contributed by atoms with van der Waals surface area (Å²) in [5.41, 5.74) is 11.6. The van der Waals surface area contributed by atoms with Gasteiger partial charge in [0.15, 0.2) is 9.84 Å². The highest BCUT2D eigenvalue weighted by atomic mass is 32.2. The molecule has 17 heavy (non-hydrogen) atoms. The summed E-state index contributed by atoms with van der Waals surface area (Å²) in [5.74, 6) is 0. The number of anilines is 2. The summed E-state index contributed by atoms with van der Waals surface area (Å²) in [6.45, 7) is 2.01. The van der Waals surface area contributed by atoms with Crippen LogP contribution in [-0.4, -0.2) is 26.2 Å². The molecule has 1 rings (SSSR count). The zero-order chi connectivity index (χ0) is 13.2. The molecule has 0 spiro atoms. The maximum absolute atomic E-state index is 11.4. The third-order valence-corrected chi connectivity index (χ3v) is 4.43. The highest BCUT2D eigenvalue weighted by Crippen LogP contribution is 2.35. The number of rotatable bonds is 4. The molecule has 1 aromatic carbocycles. The van der Waals surface area contributed by atoms with Crippen molar-refractivity contribution < 1.29 is 17.8 Å². The van der Waals surface area contributed by atoms with E-state index in [1.807, 2.05) is 0 Å². The molecule has 0 amide bonds. The molecule has 1 aromatic rings. The lowest BCUT2D eigenvalue weighted by Crippen LogP contribution is -2.15. The Kier molecular flexibility index (Phi) is 4.32. The van der Waals surface area contributed by atoms with Crippen molar-refractivity contribution in [2.45, 2.75) is 11.8 Å². The Morgan fingerprint density at radius 2 is 2.00 bits per heavy atom. The van der Waals surface area contributed by atoms with Crippen molar-refractivity contribution in [1.82, 2.24) is 0 Å². The van der Waals surface area contributed by atoms with Crippen molar-refractivity contribution in [2.75, 3.05) is 24.3 Å². The van der Waals surface area contributed by atoms with E-state index in [9.17, 15) is 13.3 Å². The van der Waals surface area contributed by atoms with Gasteiger partial charge in [0.1, 0.15) is 0 Å². The molecule has 0 fully saturated rings. The van der Waals surface area contributed by atoms with Gasteiger partial charge in [-0.25, -0.2) is 8.42 Å². The van der Waals surface area contributed by atoms with Crippen LogP contribution in [0.3, 0.4) is 0 Å². The lowest BCUT2D eigenvalue weighted by atomic mass is 10.3. The molecule has 5 N–H and O–H groups in total. The Bertz CT molecular complexity index is 518. The fourth-order valence-corrected chi connectivity index (χ4v) is 2.93. The van der Waals surface area contributed by atoms with Crippen LogP contribution in [0, 0.1) is 0 Å². The molecule has 1 atom stereocenters. The van der Waals surface area contributed by atoms with E-state index < -0.39 is 18.2 Å². The van der Waals surface area contributed by atoms with E-state index in [0.717, 1.165) is 6.26 Å². The average Bonchev–Trinajstić information content (AvgIpc) is 2.20. The lowest BCUT2D eigenvalue weighted by Gasteiger charge is -2.14. The minimum Gasteiger partial charge on any atom is -0.397 e. The molecule has 0 radical (unpaired) electrons. The molecular weight excluding hydrogens is 263 g/mol. The van der Waals surface area contributed by atoms with Gasteiger partial charge in [0.2, 0.25) is 8.38 Å². The van der Waals surface area contributed by atoms with Crippen LogP contribution in [0.5, 0.6) is 0 Å². The minimum atomic E-state index is -3.40. The van der Waals surface area contributed by atoms with E-state index in [-0.39, 0.29) is 21.6 Å². The predicted octanol–water partition coefficient (Wildman–Crippen LogP) is 0.221. The third kappa shape index (κ3) is 3.29. The van der Waals surface area contributed by atoms with E-state index in [0.29, 0.717) is 6.61 Å². The molecule has 0 aliphatic rings. The lowest BCUT2D eigenvalue weighted by molar-refractivity contribution is 0.337. The fourth-order valence-electron chi connectivity index (χ4n) is 1.20. The van der Waals surface area contributed by atoms with Gasteiger partial charge in [0.05, 0.1) is 28.2 Å². The van der Waals surface area contributed by atoms with Crippen LogP contribution in [0.2, 0.25) is 0 Å². The van der Waals surface area contributed by atoms with Crippen LogP contribution in [0.1, 0.15) is 6.92 Å².